The van der Waals surface area contributed by atoms with E-state index in [4.69, 9.17) is 14.2 Å². The summed E-state index contributed by atoms with van der Waals surface area (Å²) in [6.07, 6.45) is 5.06. The van der Waals surface area contributed by atoms with Gasteiger partial charge in [0, 0.05) is 12.1 Å². The first kappa shape index (κ1) is 18.7. The third kappa shape index (κ3) is 3.53. The van der Waals surface area contributed by atoms with E-state index in [0.29, 0.717) is 19.8 Å². The molecule has 1 amide bonds. The molecule has 0 atom stereocenters. The maximum absolute atomic E-state index is 13.4. The van der Waals surface area contributed by atoms with Gasteiger partial charge in [0.25, 0.3) is 0 Å². The van der Waals surface area contributed by atoms with Crippen LogP contribution in [0, 0.1) is 0 Å². The van der Waals surface area contributed by atoms with Gasteiger partial charge in [-0.1, -0.05) is 43.5 Å². The minimum absolute atomic E-state index is 0.0895. The van der Waals surface area contributed by atoms with Gasteiger partial charge in [-0.15, -0.1) is 0 Å². The van der Waals surface area contributed by atoms with Gasteiger partial charge < -0.3 is 19.5 Å². The summed E-state index contributed by atoms with van der Waals surface area (Å²) in [6, 6.07) is 13.8. The third-order valence-electron chi connectivity index (χ3n) is 5.87. The van der Waals surface area contributed by atoms with Crippen LogP contribution in [-0.4, -0.2) is 26.2 Å². The van der Waals surface area contributed by atoms with Crippen LogP contribution in [0.4, 0.5) is 0 Å². The number of nitrogens with one attached hydrogen (secondary N) is 1. The molecule has 0 saturated heterocycles. The van der Waals surface area contributed by atoms with Crippen molar-refractivity contribution in [3.8, 4) is 17.2 Å². The molecule has 2 aromatic rings. The van der Waals surface area contributed by atoms with Crippen LogP contribution in [0.15, 0.2) is 42.5 Å². The first-order valence-electron chi connectivity index (χ1n) is 10.0. The Morgan fingerprint density at radius 3 is 2.54 bits per heavy atom. The first-order valence-corrected chi connectivity index (χ1v) is 10.0. The van der Waals surface area contributed by atoms with Crippen molar-refractivity contribution in [2.45, 2.75) is 44.1 Å². The lowest BCUT2D eigenvalue weighted by Crippen LogP contribution is -2.45. The number of hydrogen-bond donors (Lipinski definition) is 1. The van der Waals surface area contributed by atoms with Gasteiger partial charge in [-0.3, -0.25) is 4.79 Å². The predicted molar refractivity (Wildman–Crippen MR) is 107 cm³/mol. The fourth-order valence-corrected chi connectivity index (χ4v) is 4.33. The largest absolute Gasteiger partial charge is 0.497 e. The molecule has 0 radical (unpaired) electrons. The van der Waals surface area contributed by atoms with Crippen LogP contribution < -0.4 is 19.5 Å². The van der Waals surface area contributed by atoms with E-state index in [0.717, 1.165) is 54.1 Å². The molecule has 1 aliphatic heterocycles. The van der Waals surface area contributed by atoms with Crippen LogP contribution in [0.5, 0.6) is 17.2 Å². The molecule has 4 rings (SSSR count). The standard InChI is InChI=1S/C23H27NO4/c1-26-19-10-8-18(9-11-19)23(12-3-2-4-13-23)22(25)24-16-17-6-5-7-20-21(17)28-15-14-27-20/h5-11H,2-4,12-16H2,1H3,(H,24,25). The number of methoxy groups -OCH3 is 1. The molecule has 0 aromatic heterocycles. The van der Waals surface area contributed by atoms with Crippen molar-refractivity contribution < 1.29 is 19.0 Å². The molecule has 28 heavy (non-hydrogen) atoms. The smallest absolute Gasteiger partial charge is 0.230 e. The van der Waals surface area contributed by atoms with Crippen LogP contribution >= 0.6 is 0 Å². The number of carbonyl (C=O) groups is 1. The Balaban J connectivity index is 1.55. The van der Waals surface area contributed by atoms with E-state index in [9.17, 15) is 4.79 Å². The normalized spacial score (nSPS) is 17.6. The highest BCUT2D eigenvalue weighted by atomic mass is 16.6. The molecule has 0 unspecified atom stereocenters. The maximum atomic E-state index is 13.4. The number of ether oxygens (including phenoxy) is 3. The Morgan fingerprint density at radius 2 is 1.79 bits per heavy atom. The average molecular weight is 381 g/mol. The van der Waals surface area contributed by atoms with Crippen LogP contribution in [0.2, 0.25) is 0 Å². The van der Waals surface area contributed by atoms with Crippen LogP contribution in [0.3, 0.4) is 0 Å². The molecule has 0 spiro atoms. The molecule has 2 aromatic carbocycles. The molecule has 148 valence electrons. The Morgan fingerprint density at radius 1 is 1.04 bits per heavy atom. The predicted octanol–water partition coefficient (Wildman–Crippen LogP) is 3.98. The second-order valence-corrected chi connectivity index (χ2v) is 7.50. The summed E-state index contributed by atoms with van der Waals surface area (Å²) < 4.78 is 16.7. The Hall–Kier alpha value is -2.69. The Kier molecular flexibility index (Phi) is 5.42. The van der Waals surface area contributed by atoms with E-state index in [-0.39, 0.29) is 5.91 Å². The number of fused-ring (bicyclic) bond motifs is 1. The van der Waals surface area contributed by atoms with E-state index in [1.165, 1.54) is 6.42 Å². The van der Waals surface area contributed by atoms with Crippen molar-refractivity contribution in [3.63, 3.8) is 0 Å². The van der Waals surface area contributed by atoms with Crippen LogP contribution in [0.25, 0.3) is 0 Å². The number of amides is 1. The third-order valence-corrected chi connectivity index (χ3v) is 5.87. The summed E-state index contributed by atoms with van der Waals surface area (Å²) in [7, 11) is 1.66. The molecule has 5 nitrogen and oxygen atoms in total. The van der Waals surface area contributed by atoms with E-state index >= 15 is 0 Å². The average Bonchev–Trinajstić information content (AvgIpc) is 2.78. The van der Waals surface area contributed by atoms with Crippen molar-refractivity contribution in [1.29, 1.82) is 0 Å². The molecule has 0 bridgehead atoms. The van der Waals surface area contributed by atoms with E-state index in [1.54, 1.807) is 7.11 Å². The monoisotopic (exact) mass is 381 g/mol. The molecule has 5 heteroatoms. The first-order chi connectivity index (χ1) is 13.7. The van der Waals surface area contributed by atoms with Crippen molar-refractivity contribution in [3.05, 3.63) is 53.6 Å². The molecule has 1 N–H and O–H groups in total. The summed E-state index contributed by atoms with van der Waals surface area (Å²) in [6.45, 7) is 1.53. The van der Waals surface area contributed by atoms with Crippen molar-refractivity contribution in [2.75, 3.05) is 20.3 Å². The topological polar surface area (TPSA) is 56.8 Å². The van der Waals surface area contributed by atoms with Gasteiger partial charge in [-0.2, -0.15) is 0 Å². The highest BCUT2D eigenvalue weighted by molar-refractivity contribution is 5.88. The minimum atomic E-state index is -0.475. The van der Waals surface area contributed by atoms with E-state index in [1.807, 2.05) is 42.5 Å². The second kappa shape index (κ2) is 8.13. The minimum Gasteiger partial charge on any atom is -0.497 e. The summed E-state index contributed by atoms with van der Waals surface area (Å²) in [4.78, 5) is 13.4. The van der Waals surface area contributed by atoms with Gasteiger partial charge in [0.2, 0.25) is 5.91 Å². The van der Waals surface area contributed by atoms with Gasteiger partial charge in [-0.05, 0) is 36.6 Å². The summed E-state index contributed by atoms with van der Waals surface area (Å²) in [5.74, 6) is 2.40. The molecule has 1 heterocycles. The number of rotatable bonds is 5. The molecule has 2 aliphatic rings. The lowest BCUT2D eigenvalue weighted by atomic mass is 9.68. The van der Waals surface area contributed by atoms with E-state index in [2.05, 4.69) is 5.32 Å². The van der Waals surface area contributed by atoms with Gasteiger partial charge in [0.05, 0.1) is 12.5 Å². The fourth-order valence-electron chi connectivity index (χ4n) is 4.33. The van der Waals surface area contributed by atoms with Gasteiger partial charge in [-0.25, -0.2) is 0 Å². The van der Waals surface area contributed by atoms with Gasteiger partial charge >= 0.3 is 0 Å². The zero-order valence-electron chi connectivity index (χ0n) is 16.3. The summed E-state index contributed by atoms with van der Waals surface area (Å²) in [5, 5.41) is 3.18. The zero-order valence-corrected chi connectivity index (χ0v) is 16.3. The van der Waals surface area contributed by atoms with Crippen molar-refractivity contribution >= 4 is 5.91 Å². The number of para-hydroxylation sites is 1. The molecular formula is C23H27NO4. The number of carbonyl (C=O) groups excluding carboxylic acids is 1. The van der Waals surface area contributed by atoms with Gasteiger partial charge in [0.15, 0.2) is 11.5 Å². The maximum Gasteiger partial charge on any atom is 0.230 e. The van der Waals surface area contributed by atoms with Crippen LogP contribution in [-0.2, 0) is 16.8 Å². The second-order valence-electron chi connectivity index (χ2n) is 7.50. The number of hydrogen-bond acceptors (Lipinski definition) is 4. The molecular weight excluding hydrogens is 354 g/mol. The number of benzene rings is 2. The summed E-state index contributed by atoms with van der Waals surface area (Å²) in [5.41, 5.74) is 1.54. The van der Waals surface area contributed by atoms with Crippen LogP contribution in [0.1, 0.15) is 43.2 Å². The highest BCUT2D eigenvalue weighted by Crippen LogP contribution is 2.40. The Bertz CT molecular complexity index is 825. The summed E-state index contributed by atoms with van der Waals surface area (Å²) >= 11 is 0. The molecule has 1 fully saturated rings. The lowest BCUT2D eigenvalue weighted by molar-refractivity contribution is -0.128. The van der Waals surface area contributed by atoms with Gasteiger partial charge in [0.1, 0.15) is 19.0 Å². The van der Waals surface area contributed by atoms with E-state index < -0.39 is 5.41 Å². The Labute approximate surface area is 166 Å². The zero-order chi connectivity index (χ0) is 19.4. The highest BCUT2D eigenvalue weighted by Gasteiger charge is 2.41. The lowest BCUT2D eigenvalue weighted by Gasteiger charge is -2.36. The fraction of sp³-hybridized carbons (Fsp3) is 0.435. The molecule has 1 aliphatic carbocycles. The quantitative estimate of drug-likeness (QED) is 0.851. The SMILES string of the molecule is COc1ccc(C2(C(=O)NCc3cccc4c3OCCO4)CCCCC2)cc1. The molecule has 1 saturated carbocycles. The van der Waals surface area contributed by atoms with Crippen molar-refractivity contribution in [2.24, 2.45) is 0 Å². The van der Waals surface area contributed by atoms with Crippen molar-refractivity contribution in [1.82, 2.24) is 5.32 Å².